The molecule has 22 heavy (non-hydrogen) atoms. The third-order valence-electron chi connectivity index (χ3n) is 3.57. The van der Waals surface area contributed by atoms with E-state index in [0.717, 1.165) is 22.0 Å². The largest absolute Gasteiger partial charge is 0.457 e. The number of carbonyl (C=O) groups is 1. The molecule has 0 unspecified atom stereocenters. The van der Waals surface area contributed by atoms with Crippen LogP contribution >= 0.6 is 0 Å². The second-order valence-electron chi connectivity index (χ2n) is 4.97. The van der Waals surface area contributed by atoms with Crippen LogP contribution in [0.3, 0.4) is 0 Å². The second kappa shape index (κ2) is 5.00. The van der Waals surface area contributed by atoms with Crippen molar-refractivity contribution in [1.29, 1.82) is 0 Å². The minimum atomic E-state index is -0.361. The van der Waals surface area contributed by atoms with Crippen LogP contribution in [0.15, 0.2) is 55.2 Å². The molecule has 6 nitrogen and oxygen atoms in total. The summed E-state index contributed by atoms with van der Waals surface area (Å²) in [5.41, 5.74) is 3.14. The molecule has 0 bridgehead atoms. The van der Waals surface area contributed by atoms with Crippen molar-refractivity contribution in [3.8, 4) is 0 Å². The highest BCUT2D eigenvalue weighted by Crippen LogP contribution is 2.17. The highest BCUT2D eigenvalue weighted by molar-refractivity contribution is 5.91. The fourth-order valence-corrected chi connectivity index (χ4v) is 2.42. The lowest BCUT2D eigenvalue weighted by Crippen LogP contribution is -2.06. The molecule has 0 radical (unpaired) electrons. The van der Waals surface area contributed by atoms with Gasteiger partial charge < -0.3 is 9.14 Å². The predicted molar refractivity (Wildman–Crippen MR) is 80.4 cm³/mol. The van der Waals surface area contributed by atoms with E-state index in [9.17, 15) is 4.79 Å². The molecule has 0 atom stereocenters. The van der Waals surface area contributed by atoms with Gasteiger partial charge in [0.2, 0.25) is 0 Å². The normalized spacial score (nSPS) is 11.1. The maximum absolute atomic E-state index is 12.2. The molecule has 3 heterocycles. The number of rotatable bonds is 3. The standard InChI is InChI=1S/C16H12N4O2/c21-16(11-4-5-20-10-17-8-14(20)6-11)22-9-13-3-1-2-12-7-18-19-15(12)13/h1-8,10H,9H2,(H,18,19). The lowest BCUT2D eigenvalue weighted by Gasteiger charge is -2.06. The van der Waals surface area contributed by atoms with Crippen LogP contribution in [0.2, 0.25) is 0 Å². The van der Waals surface area contributed by atoms with Crippen LogP contribution in [0.5, 0.6) is 0 Å². The number of ether oxygens (including phenoxy) is 1. The number of aromatic amines is 1. The quantitative estimate of drug-likeness (QED) is 0.589. The van der Waals surface area contributed by atoms with E-state index >= 15 is 0 Å². The number of aromatic nitrogens is 4. The Morgan fingerprint density at radius 3 is 3.18 bits per heavy atom. The van der Waals surface area contributed by atoms with Gasteiger partial charge in [-0.25, -0.2) is 9.78 Å². The molecule has 0 saturated carbocycles. The molecule has 0 fully saturated rings. The molecular formula is C16H12N4O2. The number of fused-ring (bicyclic) bond motifs is 2. The van der Waals surface area contributed by atoms with Crippen molar-refractivity contribution in [2.75, 3.05) is 0 Å². The smallest absolute Gasteiger partial charge is 0.338 e. The van der Waals surface area contributed by atoms with Crippen LogP contribution in [0.25, 0.3) is 16.4 Å². The van der Waals surface area contributed by atoms with Crippen LogP contribution in [-0.2, 0) is 11.3 Å². The minimum Gasteiger partial charge on any atom is -0.457 e. The first kappa shape index (κ1) is 12.6. The number of benzene rings is 1. The average molecular weight is 292 g/mol. The van der Waals surface area contributed by atoms with E-state index in [4.69, 9.17) is 4.74 Å². The molecule has 0 amide bonds. The zero-order valence-corrected chi connectivity index (χ0v) is 11.6. The van der Waals surface area contributed by atoms with Crippen LogP contribution in [0.1, 0.15) is 15.9 Å². The zero-order valence-electron chi connectivity index (χ0n) is 11.6. The molecule has 0 aliphatic carbocycles. The number of para-hydroxylation sites is 1. The lowest BCUT2D eigenvalue weighted by atomic mass is 10.1. The number of pyridine rings is 1. The molecule has 3 aromatic heterocycles. The van der Waals surface area contributed by atoms with Crippen molar-refractivity contribution in [3.63, 3.8) is 0 Å². The van der Waals surface area contributed by atoms with Gasteiger partial charge in [-0.1, -0.05) is 18.2 Å². The van der Waals surface area contributed by atoms with Crippen LogP contribution < -0.4 is 0 Å². The van der Waals surface area contributed by atoms with E-state index in [2.05, 4.69) is 15.2 Å². The number of nitrogens with zero attached hydrogens (tertiary/aromatic N) is 3. The van der Waals surface area contributed by atoms with E-state index in [1.54, 1.807) is 37.1 Å². The second-order valence-corrected chi connectivity index (χ2v) is 4.97. The van der Waals surface area contributed by atoms with E-state index in [1.165, 1.54) is 0 Å². The van der Waals surface area contributed by atoms with Gasteiger partial charge in [0.15, 0.2) is 0 Å². The van der Waals surface area contributed by atoms with Gasteiger partial charge in [-0.2, -0.15) is 5.10 Å². The summed E-state index contributed by atoms with van der Waals surface area (Å²) in [4.78, 5) is 16.2. The Bertz CT molecular complexity index is 970. The molecule has 4 aromatic rings. The van der Waals surface area contributed by atoms with Crippen LogP contribution in [0.4, 0.5) is 0 Å². The highest BCUT2D eigenvalue weighted by Gasteiger charge is 2.10. The van der Waals surface area contributed by atoms with Crippen molar-refractivity contribution >= 4 is 22.4 Å². The molecular weight excluding hydrogens is 280 g/mol. The summed E-state index contributed by atoms with van der Waals surface area (Å²) < 4.78 is 7.24. The van der Waals surface area contributed by atoms with Crippen molar-refractivity contribution in [2.24, 2.45) is 0 Å². The number of imidazole rings is 1. The van der Waals surface area contributed by atoms with E-state index in [0.29, 0.717) is 5.56 Å². The summed E-state index contributed by atoms with van der Waals surface area (Å²) in [6.07, 6.45) is 6.91. The summed E-state index contributed by atoms with van der Waals surface area (Å²) in [6.45, 7) is 0.197. The van der Waals surface area contributed by atoms with Gasteiger partial charge in [-0.15, -0.1) is 0 Å². The summed E-state index contributed by atoms with van der Waals surface area (Å²) in [7, 11) is 0. The first-order valence-electron chi connectivity index (χ1n) is 6.81. The van der Waals surface area contributed by atoms with Crippen molar-refractivity contribution in [3.05, 3.63) is 66.4 Å². The third-order valence-corrected chi connectivity index (χ3v) is 3.57. The van der Waals surface area contributed by atoms with Gasteiger partial charge in [0.25, 0.3) is 0 Å². The molecule has 1 aromatic carbocycles. The van der Waals surface area contributed by atoms with E-state index < -0.39 is 0 Å². The molecule has 1 N–H and O–H groups in total. The Labute approximate surface area is 125 Å². The Morgan fingerprint density at radius 2 is 2.23 bits per heavy atom. The van der Waals surface area contributed by atoms with Gasteiger partial charge >= 0.3 is 5.97 Å². The first-order valence-corrected chi connectivity index (χ1v) is 6.81. The SMILES string of the molecule is O=C(OCc1cccc2cn[nH]c12)c1ccn2cncc2c1. The van der Waals surface area contributed by atoms with E-state index in [-0.39, 0.29) is 12.6 Å². The monoisotopic (exact) mass is 292 g/mol. The number of nitrogens with one attached hydrogen (secondary N) is 1. The average Bonchev–Trinajstić information content (AvgIpc) is 3.20. The Kier molecular flexibility index (Phi) is 2.86. The Hall–Kier alpha value is -3.15. The van der Waals surface area contributed by atoms with Gasteiger partial charge in [0.1, 0.15) is 6.61 Å². The van der Waals surface area contributed by atoms with Gasteiger partial charge in [-0.05, 0) is 12.1 Å². The van der Waals surface area contributed by atoms with Crippen molar-refractivity contribution < 1.29 is 9.53 Å². The Balaban J connectivity index is 1.55. The number of carbonyl (C=O) groups excluding carboxylic acids is 1. The van der Waals surface area contributed by atoms with Gasteiger partial charge in [0, 0.05) is 17.1 Å². The topological polar surface area (TPSA) is 72.3 Å². The third kappa shape index (κ3) is 2.10. The van der Waals surface area contributed by atoms with Crippen molar-refractivity contribution in [2.45, 2.75) is 6.61 Å². The van der Waals surface area contributed by atoms with Crippen LogP contribution in [0, 0.1) is 0 Å². The maximum Gasteiger partial charge on any atom is 0.338 e. The number of H-pyrrole nitrogens is 1. The summed E-state index contributed by atoms with van der Waals surface area (Å²) in [6, 6.07) is 9.25. The summed E-state index contributed by atoms with van der Waals surface area (Å²) >= 11 is 0. The maximum atomic E-state index is 12.2. The molecule has 6 heteroatoms. The Morgan fingerprint density at radius 1 is 1.27 bits per heavy atom. The van der Waals surface area contributed by atoms with E-state index in [1.807, 2.05) is 22.6 Å². The van der Waals surface area contributed by atoms with Crippen LogP contribution in [-0.4, -0.2) is 25.6 Å². The molecule has 108 valence electrons. The molecule has 4 rings (SSSR count). The molecule has 0 aliphatic rings. The summed E-state index contributed by atoms with van der Waals surface area (Å²) in [5, 5.41) is 7.91. The fraction of sp³-hybridized carbons (Fsp3) is 0.0625. The highest BCUT2D eigenvalue weighted by atomic mass is 16.5. The fourth-order valence-electron chi connectivity index (χ4n) is 2.42. The van der Waals surface area contributed by atoms with Gasteiger partial charge in [0.05, 0.1) is 35.3 Å². The minimum absolute atomic E-state index is 0.197. The molecule has 0 saturated heterocycles. The van der Waals surface area contributed by atoms with Crippen molar-refractivity contribution in [1.82, 2.24) is 19.6 Å². The first-order chi connectivity index (χ1) is 10.8. The zero-order chi connectivity index (χ0) is 14.9. The molecule has 0 spiro atoms. The predicted octanol–water partition coefficient (Wildman–Crippen LogP) is 2.57. The number of hydrogen-bond acceptors (Lipinski definition) is 4. The number of esters is 1. The van der Waals surface area contributed by atoms with Gasteiger partial charge in [-0.3, -0.25) is 5.10 Å². The molecule has 0 aliphatic heterocycles. The lowest BCUT2D eigenvalue weighted by molar-refractivity contribution is 0.0474. The number of hydrogen-bond donors (Lipinski definition) is 1. The summed E-state index contributed by atoms with van der Waals surface area (Å²) in [5.74, 6) is -0.361.